The van der Waals surface area contributed by atoms with Crippen molar-refractivity contribution in [3.8, 4) is 0 Å². The Hall–Kier alpha value is -0.610. The third kappa shape index (κ3) is 10.2. The Labute approximate surface area is 169 Å². The van der Waals surface area contributed by atoms with Crippen LogP contribution in [0.3, 0.4) is 0 Å². The first-order chi connectivity index (χ1) is 11.6. The van der Waals surface area contributed by atoms with Crippen LogP contribution in [-0.4, -0.2) is 75.3 Å². The minimum absolute atomic E-state index is 0. The van der Waals surface area contributed by atoms with Gasteiger partial charge in [0.2, 0.25) is 5.91 Å². The summed E-state index contributed by atoms with van der Waals surface area (Å²) in [5.74, 6) is 1.19. The highest BCUT2D eigenvalue weighted by molar-refractivity contribution is 14.0. The smallest absolute Gasteiger partial charge is 0.241 e. The number of rotatable bonds is 9. The fourth-order valence-corrected chi connectivity index (χ4v) is 2.71. The van der Waals surface area contributed by atoms with E-state index in [0.717, 1.165) is 45.8 Å². The molecule has 1 aliphatic heterocycles. The molecule has 1 rings (SSSR count). The number of carbonyl (C=O) groups excluding carboxylic acids is 1. The first-order valence-electron chi connectivity index (χ1n) is 9.19. The Morgan fingerprint density at radius 1 is 1.16 bits per heavy atom. The highest BCUT2D eigenvalue weighted by Gasteiger charge is 2.23. The molecule has 1 unspecified atom stereocenters. The number of halogens is 1. The van der Waals surface area contributed by atoms with Gasteiger partial charge in [-0.15, -0.1) is 24.0 Å². The summed E-state index contributed by atoms with van der Waals surface area (Å²) >= 11 is 0. The lowest BCUT2D eigenvalue weighted by molar-refractivity contribution is -0.119. The van der Waals surface area contributed by atoms with Crippen LogP contribution in [0.2, 0.25) is 0 Å². The number of carbonyl (C=O) groups is 1. The van der Waals surface area contributed by atoms with Crippen molar-refractivity contribution in [3.63, 3.8) is 0 Å². The van der Waals surface area contributed by atoms with Gasteiger partial charge in [0.05, 0.1) is 13.2 Å². The zero-order valence-corrected chi connectivity index (χ0v) is 18.5. The summed E-state index contributed by atoms with van der Waals surface area (Å²) in [6.45, 7) is 14.5. The largest absolute Gasteiger partial charge is 0.379 e. The van der Waals surface area contributed by atoms with Crippen LogP contribution in [0.4, 0.5) is 0 Å². The Kier molecular flexibility index (Phi) is 14.2. The second kappa shape index (κ2) is 14.5. The maximum Gasteiger partial charge on any atom is 0.241 e. The molecule has 3 N–H and O–H groups in total. The van der Waals surface area contributed by atoms with E-state index < -0.39 is 0 Å². The molecular weight excluding hydrogens is 433 g/mol. The van der Waals surface area contributed by atoms with Gasteiger partial charge in [-0.3, -0.25) is 9.69 Å². The van der Waals surface area contributed by atoms with Gasteiger partial charge in [-0.1, -0.05) is 20.8 Å². The number of guanidine groups is 1. The monoisotopic (exact) mass is 469 g/mol. The van der Waals surface area contributed by atoms with Crippen LogP contribution in [0.25, 0.3) is 0 Å². The Bertz CT molecular complexity index is 387. The molecule has 0 aromatic carbocycles. The summed E-state index contributed by atoms with van der Waals surface area (Å²) < 4.78 is 5.45. The van der Waals surface area contributed by atoms with Crippen LogP contribution < -0.4 is 16.0 Å². The van der Waals surface area contributed by atoms with E-state index in [4.69, 9.17) is 4.74 Å². The molecule has 148 valence electrons. The third-order valence-corrected chi connectivity index (χ3v) is 4.06. The summed E-state index contributed by atoms with van der Waals surface area (Å²) in [5, 5.41) is 9.44. The average molecular weight is 469 g/mol. The highest BCUT2D eigenvalue weighted by Crippen LogP contribution is 2.12. The summed E-state index contributed by atoms with van der Waals surface area (Å²) in [4.78, 5) is 18.6. The normalized spacial score (nSPS) is 16.9. The quantitative estimate of drug-likeness (QED) is 0.267. The molecule has 0 aliphatic carbocycles. The van der Waals surface area contributed by atoms with Crippen molar-refractivity contribution in [2.45, 2.75) is 40.2 Å². The standard InChI is InChI=1S/C17H35N5O2.HI/c1-5-7-19-16(23)13-21-17(18-6-2)20-12-15(14(3)4)22-8-10-24-11-9-22;/h14-15H,5-13H2,1-4H3,(H,19,23)(H2,18,20,21);1H. The number of hydrogen-bond donors (Lipinski definition) is 3. The fraction of sp³-hybridized carbons (Fsp3) is 0.882. The van der Waals surface area contributed by atoms with Gasteiger partial charge in [0.1, 0.15) is 6.54 Å². The van der Waals surface area contributed by atoms with E-state index in [9.17, 15) is 4.79 Å². The Morgan fingerprint density at radius 2 is 1.84 bits per heavy atom. The highest BCUT2D eigenvalue weighted by atomic mass is 127. The van der Waals surface area contributed by atoms with Crippen LogP contribution in [0.15, 0.2) is 4.99 Å². The minimum Gasteiger partial charge on any atom is -0.379 e. The lowest BCUT2D eigenvalue weighted by atomic mass is 10.0. The number of morpholine rings is 1. The SMILES string of the molecule is CCCNC(=O)CN=C(NCC)NCC(C(C)C)N1CCOCC1.I. The van der Waals surface area contributed by atoms with Crippen molar-refractivity contribution in [1.82, 2.24) is 20.9 Å². The number of aliphatic imine (C=N–C) groups is 1. The van der Waals surface area contributed by atoms with Crippen molar-refractivity contribution in [2.24, 2.45) is 10.9 Å². The summed E-state index contributed by atoms with van der Waals surface area (Å²) in [7, 11) is 0. The van der Waals surface area contributed by atoms with Crippen LogP contribution in [-0.2, 0) is 9.53 Å². The van der Waals surface area contributed by atoms with E-state index in [1.54, 1.807) is 0 Å². The molecule has 1 saturated heterocycles. The van der Waals surface area contributed by atoms with Gasteiger partial charge in [-0.25, -0.2) is 4.99 Å². The predicted molar refractivity (Wildman–Crippen MR) is 114 cm³/mol. The maximum atomic E-state index is 11.7. The van der Waals surface area contributed by atoms with Gasteiger partial charge in [0.25, 0.3) is 0 Å². The van der Waals surface area contributed by atoms with Gasteiger partial charge < -0.3 is 20.7 Å². The molecular formula is C17H36IN5O2. The second-order valence-corrected chi connectivity index (χ2v) is 6.39. The molecule has 0 saturated carbocycles. The van der Waals surface area contributed by atoms with E-state index >= 15 is 0 Å². The number of nitrogens with zero attached hydrogens (tertiary/aromatic N) is 2. The molecule has 0 radical (unpaired) electrons. The zero-order valence-electron chi connectivity index (χ0n) is 16.1. The molecule has 8 heteroatoms. The minimum atomic E-state index is -0.0392. The van der Waals surface area contributed by atoms with Crippen LogP contribution >= 0.6 is 24.0 Å². The predicted octanol–water partition coefficient (Wildman–Crippen LogP) is 1.04. The van der Waals surface area contributed by atoms with E-state index in [1.165, 1.54) is 0 Å². The average Bonchev–Trinajstić information content (AvgIpc) is 2.58. The molecule has 1 atom stereocenters. The summed E-state index contributed by atoms with van der Waals surface area (Å²) in [5.41, 5.74) is 0. The molecule has 1 amide bonds. The molecule has 25 heavy (non-hydrogen) atoms. The molecule has 1 aliphatic rings. The van der Waals surface area contributed by atoms with Crippen molar-refractivity contribution >= 4 is 35.8 Å². The molecule has 7 nitrogen and oxygen atoms in total. The molecule has 1 fully saturated rings. The van der Waals surface area contributed by atoms with Crippen molar-refractivity contribution in [2.75, 3.05) is 52.5 Å². The van der Waals surface area contributed by atoms with Gasteiger partial charge in [0, 0.05) is 38.8 Å². The van der Waals surface area contributed by atoms with Gasteiger partial charge in [-0.05, 0) is 19.3 Å². The molecule has 0 spiro atoms. The van der Waals surface area contributed by atoms with Gasteiger partial charge >= 0.3 is 0 Å². The van der Waals surface area contributed by atoms with Crippen LogP contribution in [0, 0.1) is 5.92 Å². The third-order valence-electron chi connectivity index (χ3n) is 4.06. The molecule has 0 bridgehead atoms. The van der Waals surface area contributed by atoms with Gasteiger partial charge in [0.15, 0.2) is 5.96 Å². The number of nitrogens with one attached hydrogen (secondary N) is 3. The molecule has 0 aromatic rings. The number of ether oxygens (including phenoxy) is 1. The van der Waals surface area contributed by atoms with E-state index in [-0.39, 0.29) is 36.4 Å². The van der Waals surface area contributed by atoms with Gasteiger partial charge in [-0.2, -0.15) is 0 Å². The van der Waals surface area contributed by atoms with E-state index in [2.05, 4.69) is 39.7 Å². The van der Waals surface area contributed by atoms with Crippen molar-refractivity contribution in [3.05, 3.63) is 0 Å². The zero-order chi connectivity index (χ0) is 17.8. The van der Waals surface area contributed by atoms with Crippen molar-refractivity contribution < 1.29 is 9.53 Å². The molecule has 0 aromatic heterocycles. The Balaban J connectivity index is 0.00000576. The van der Waals surface area contributed by atoms with Crippen molar-refractivity contribution in [1.29, 1.82) is 0 Å². The van der Waals surface area contributed by atoms with E-state index in [1.807, 2.05) is 13.8 Å². The number of hydrogen-bond acceptors (Lipinski definition) is 4. The second-order valence-electron chi connectivity index (χ2n) is 6.39. The van der Waals surface area contributed by atoms with E-state index in [0.29, 0.717) is 24.5 Å². The first kappa shape index (κ1) is 24.4. The lowest BCUT2D eigenvalue weighted by Gasteiger charge is -2.37. The topological polar surface area (TPSA) is 78.0 Å². The summed E-state index contributed by atoms with van der Waals surface area (Å²) in [6.07, 6.45) is 0.934. The number of amides is 1. The van der Waals surface area contributed by atoms with Crippen LogP contribution in [0.1, 0.15) is 34.1 Å². The van der Waals surface area contributed by atoms with Crippen LogP contribution in [0.5, 0.6) is 0 Å². The Morgan fingerprint density at radius 3 is 2.40 bits per heavy atom. The fourth-order valence-electron chi connectivity index (χ4n) is 2.71. The maximum absolute atomic E-state index is 11.7. The molecule has 1 heterocycles. The lowest BCUT2D eigenvalue weighted by Crippen LogP contribution is -2.52. The summed E-state index contributed by atoms with van der Waals surface area (Å²) in [6, 6.07) is 0.423. The first-order valence-corrected chi connectivity index (χ1v) is 9.19.